The molecule has 0 saturated carbocycles. The molecule has 3 aromatic rings. The van der Waals surface area contributed by atoms with E-state index in [9.17, 15) is 0 Å². The van der Waals surface area contributed by atoms with Crippen molar-refractivity contribution >= 4 is 15.9 Å². The van der Waals surface area contributed by atoms with Gasteiger partial charge in [-0.3, -0.25) is 0 Å². The second-order valence-corrected chi connectivity index (χ2v) is 5.65. The molecule has 0 aliphatic carbocycles. The third-order valence-corrected chi connectivity index (χ3v) is 4.10. The van der Waals surface area contributed by atoms with Crippen LogP contribution in [-0.2, 0) is 0 Å². The molecule has 7 nitrogen and oxygen atoms in total. The Balaban J connectivity index is 1.65. The second-order valence-electron chi connectivity index (χ2n) is 4.80. The van der Waals surface area contributed by atoms with Crippen LogP contribution >= 0.6 is 15.9 Å². The molecule has 2 aromatic heterocycles. The van der Waals surface area contributed by atoms with Gasteiger partial charge in [-0.2, -0.15) is 4.98 Å². The number of nitrogens with one attached hydrogen (secondary N) is 1. The predicted octanol–water partition coefficient (Wildman–Crippen LogP) is 1.90. The van der Waals surface area contributed by atoms with Gasteiger partial charge in [-0.1, -0.05) is 38.4 Å². The zero-order valence-electron chi connectivity index (χ0n) is 10.9. The van der Waals surface area contributed by atoms with Gasteiger partial charge in [0.2, 0.25) is 5.82 Å². The largest absolute Gasteiger partial charge is 0.332 e. The standard InChI is InChI=1S/C13H11BrN6O/c14-10-4-2-1-3-9(10)12-16-13(21-18-12)11-7-20(19-17-11)8-5-15-6-8/h1-4,7-8,15H,5-6H2. The number of benzene rings is 1. The van der Waals surface area contributed by atoms with Crippen molar-refractivity contribution in [3.63, 3.8) is 0 Å². The minimum Gasteiger partial charge on any atom is -0.332 e. The van der Waals surface area contributed by atoms with E-state index in [4.69, 9.17) is 4.52 Å². The Hall–Kier alpha value is -2.06. The molecule has 1 aliphatic heterocycles. The summed E-state index contributed by atoms with van der Waals surface area (Å²) >= 11 is 3.48. The number of halogens is 1. The summed E-state index contributed by atoms with van der Waals surface area (Å²) in [4.78, 5) is 4.39. The first kappa shape index (κ1) is 12.7. The van der Waals surface area contributed by atoms with Crippen molar-refractivity contribution < 1.29 is 4.52 Å². The van der Waals surface area contributed by atoms with Gasteiger partial charge in [0.1, 0.15) is 0 Å². The highest BCUT2D eigenvalue weighted by atomic mass is 79.9. The Morgan fingerprint density at radius 3 is 2.90 bits per heavy atom. The van der Waals surface area contributed by atoms with Crippen LogP contribution in [-0.4, -0.2) is 38.2 Å². The summed E-state index contributed by atoms with van der Waals surface area (Å²) in [5.74, 6) is 0.900. The molecular formula is C13H11BrN6O. The molecule has 1 saturated heterocycles. The maximum Gasteiger partial charge on any atom is 0.280 e. The SMILES string of the molecule is Brc1ccccc1-c1noc(-c2cn(C3CNC3)nn2)n1. The van der Waals surface area contributed by atoms with Crippen LogP contribution in [0.1, 0.15) is 6.04 Å². The highest BCUT2D eigenvalue weighted by Crippen LogP contribution is 2.27. The van der Waals surface area contributed by atoms with E-state index in [0.29, 0.717) is 23.5 Å². The van der Waals surface area contributed by atoms with Crippen LogP contribution in [0.15, 0.2) is 39.5 Å². The van der Waals surface area contributed by atoms with Crippen LogP contribution in [0.2, 0.25) is 0 Å². The Labute approximate surface area is 128 Å². The van der Waals surface area contributed by atoms with Gasteiger partial charge in [-0.15, -0.1) is 5.10 Å². The molecule has 0 bridgehead atoms. The van der Waals surface area contributed by atoms with Gasteiger partial charge in [-0.05, 0) is 12.1 Å². The van der Waals surface area contributed by atoms with Crippen LogP contribution in [0.3, 0.4) is 0 Å². The minimum atomic E-state index is 0.358. The molecule has 106 valence electrons. The summed E-state index contributed by atoms with van der Waals surface area (Å²) < 4.78 is 8.04. The monoisotopic (exact) mass is 346 g/mol. The summed E-state index contributed by atoms with van der Waals surface area (Å²) in [5, 5.41) is 15.4. The smallest absolute Gasteiger partial charge is 0.280 e. The summed E-state index contributed by atoms with van der Waals surface area (Å²) in [6.45, 7) is 1.82. The highest BCUT2D eigenvalue weighted by molar-refractivity contribution is 9.10. The van der Waals surface area contributed by atoms with Crippen molar-refractivity contribution in [2.45, 2.75) is 6.04 Å². The second kappa shape index (κ2) is 5.05. The zero-order valence-corrected chi connectivity index (χ0v) is 12.5. The lowest BCUT2D eigenvalue weighted by atomic mass is 10.2. The van der Waals surface area contributed by atoms with E-state index in [0.717, 1.165) is 23.1 Å². The first-order chi connectivity index (χ1) is 10.3. The molecule has 8 heteroatoms. The van der Waals surface area contributed by atoms with Crippen LogP contribution in [0.4, 0.5) is 0 Å². The molecule has 1 fully saturated rings. The quantitative estimate of drug-likeness (QED) is 0.779. The van der Waals surface area contributed by atoms with Gasteiger partial charge in [-0.25, -0.2) is 4.68 Å². The molecule has 1 aliphatic rings. The molecule has 1 aromatic carbocycles. The predicted molar refractivity (Wildman–Crippen MR) is 78.4 cm³/mol. The van der Waals surface area contributed by atoms with Crippen LogP contribution in [0.5, 0.6) is 0 Å². The van der Waals surface area contributed by atoms with Gasteiger partial charge in [0.05, 0.1) is 12.2 Å². The average molecular weight is 347 g/mol. The Kier molecular flexibility index (Phi) is 3.04. The fraction of sp³-hybridized carbons (Fsp3) is 0.231. The van der Waals surface area contributed by atoms with Crippen molar-refractivity contribution in [3.05, 3.63) is 34.9 Å². The van der Waals surface area contributed by atoms with Gasteiger partial charge in [0, 0.05) is 23.1 Å². The maximum atomic E-state index is 5.29. The van der Waals surface area contributed by atoms with E-state index in [1.54, 1.807) is 0 Å². The summed E-state index contributed by atoms with van der Waals surface area (Å²) in [6, 6.07) is 8.08. The maximum absolute atomic E-state index is 5.29. The first-order valence-electron chi connectivity index (χ1n) is 6.53. The van der Waals surface area contributed by atoms with Crippen LogP contribution in [0, 0.1) is 0 Å². The van der Waals surface area contributed by atoms with Crippen molar-refractivity contribution in [3.8, 4) is 23.0 Å². The van der Waals surface area contributed by atoms with E-state index < -0.39 is 0 Å². The zero-order chi connectivity index (χ0) is 14.2. The fourth-order valence-electron chi connectivity index (χ4n) is 2.09. The third kappa shape index (κ3) is 2.26. The van der Waals surface area contributed by atoms with E-state index in [2.05, 4.69) is 41.7 Å². The summed E-state index contributed by atoms with van der Waals surface area (Å²) in [5.41, 5.74) is 1.47. The van der Waals surface area contributed by atoms with E-state index in [-0.39, 0.29) is 0 Å². The van der Waals surface area contributed by atoms with Gasteiger partial charge < -0.3 is 9.84 Å². The fourth-order valence-corrected chi connectivity index (χ4v) is 2.56. The molecule has 21 heavy (non-hydrogen) atoms. The first-order valence-corrected chi connectivity index (χ1v) is 7.32. The van der Waals surface area contributed by atoms with E-state index >= 15 is 0 Å². The molecule has 0 amide bonds. The molecule has 4 rings (SSSR count). The molecule has 0 unspecified atom stereocenters. The van der Waals surface area contributed by atoms with Gasteiger partial charge in [0.15, 0.2) is 5.69 Å². The van der Waals surface area contributed by atoms with Crippen molar-refractivity contribution in [2.75, 3.05) is 13.1 Å². The lowest BCUT2D eigenvalue weighted by Gasteiger charge is -2.26. The number of nitrogens with zero attached hydrogens (tertiary/aromatic N) is 5. The van der Waals surface area contributed by atoms with Crippen molar-refractivity contribution in [2.24, 2.45) is 0 Å². The van der Waals surface area contributed by atoms with Crippen LogP contribution < -0.4 is 5.32 Å². The number of aromatic nitrogens is 5. The van der Waals surface area contributed by atoms with Gasteiger partial charge >= 0.3 is 0 Å². The van der Waals surface area contributed by atoms with Crippen LogP contribution in [0.25, 0.3) is 23.0 Å². The Morgan fingerprint density at radius 1 is 1.29 bits per heavy atom. The lowest BCUT2D eigenvalue weighted by Crippen LogP contribution is -2.43. The Morgan fingerprint density at radius 2 is 2.14 bits per heavy atom. The summed E-state index contributed by atoms with van der Waals surface area (Å²) in [7, 11) is 0. The number of hydrogen-bond acceptors (Lipinski definition) is 6. The van der Waals surface area contributed by atoms with E-state index in [1.165, 1.54) is 0 Å². The topological polar surface area (TPSA) is 81.7 Å². The number of hydrogen-bond donors (Lipinski definition) is 1. The minimum absolute atomic E-state index is 0.358. The van der Waals surface area contributed by atoms with Crippen molar-refractivity contribution in [1.29, 1.82) is 0 Å². The Bertz CT molecular complexity index is 778. The molecule has 0 radical (unpaired) electrons. The lowest BCUT2D eigenvalue weighted by molar-refractivity contribution is 0.313. The number of rotatable bonds is 3. The van der Waals surface area contributed by atoms with E-state index in [1.807, 2.05) is 35.1 Å². The third-order valence-electron chi connectivity index (χ3n) is 3.40. The van der Waals surface area contributed by atoms with Crippen molar-refractivity contribution in [1.82, 2.24) is 30.5 Å². The summed E-state index contributed by atoms with van der Waals surface area (Å²) in [6.07, 6.45) is 1.84. The average Bonchev–Trinajstić information content (AvgIpc) is 3.06. The normalized spacial score (nSPS) is 15.1. The highest BCUT2D eigenvalue weighted by Gasteiger charge is 2.22. The molecule has 1 N–H and O–H groups in total. The molecule has 0 spiro atoms. The molecule has 0 atom stereocenters. The van der Waals surface area contributed by atoms with Gasteiger partial charge in [0.25, 0.3) is 5.89 Å². The molecular weight excluding hydrogens is 336 g/mol. The molecule has 3 heterocycles.